The highest BCUT2D eigenvalue weighted by Crippen LogP contribution is 2.27. The minimum Gasteiger partial charge on any atom is -0.444 e. The Kier molecular flexibility index (Phi) is 6.10. The van der Waals surface area contributed by atoms with Crippen molar-refractivity contribution in [1.29, 1.82) is 0 Å². The molecule has 0 fully saturated rings. The van der Waals surface area contributed by atoms with E-state index in [9.17, 15) is 14.9 Å². The Morgan fingerprint density at radius 1 is 1.26 bits per heavy atom. The van der Waals surface area contributed by atoms with Crippen molar-refractivity contribution in [3.8, 4) is 11.5 Å². The van der Waals surface area contributed by atoms with Crippen LogP contribution in [0.3, 0.4) is 0 Å². The van der Waals surface area contributed by atoms with Gasteiger partial charge in [0.25, 0.3) is 5.69 Å². The van der Waals surface area contributed by atoms with E-state index in [1.54, 1.807) is 6.26 Å². The monoisotopic (exact) mass is 403 g/mol. The van der Waals surface area contributed by atoms with E-state index >= 15 is 0 Å². The number of amides is 1. The minimum absolute atomic E-state index is 0.0264. The van der Waals surface area contributed by atoms with E-state index in [4.69, 9.17) is 16.0 Å². The van der Waals surface area contributed by atoms with Gasteiger partial charge >= 0.3 is 0 Å². The van der Waals surface area contributed by atoms with Crippen molar-refractivity contribution in [3.05, 3.63) is 75.6 Å². The van der Waals surface area contributed by atoms with Crippen LogP contribution in [0.1, 0.15) is 5.69 Å². The van der Waals surface area contributed by atoms with Gasteiger partial charge in [-0.3, -0.25) is 14.9 Å². The van der Waals surface area contributed by atoms with E-state index in [1.165, 1.54) is 30.0 Å². The van der Waals surface area contributed by atoms with Crippen molar-refractivity contribution in [2.24, 2.45) is 0 Å². The third-order valence-electron chi connectivity index (χ3n) is 3.48. The zero-order valence-electron chi connectivity index (χ0n) is 13.9. The Bertz CT molecular complexity index is 962. The summed E-state index contributed by atoms with van der Waals surface area (Å²) in [6, 6.07) is 13.6. The van der Waals surface area contributed by atoms with Crippen LogP contribution in [0.15, 0.2) is 59.2 Å². The topological polar surface area (TPSA) is 98.3 Å². The van der Waals surface area contributed by atoms with Gasteiger partial charge in [0.1, 0.15) is 11.3 Å². The fourth-order valence-corrected chi connectivity index (χ4v) is 3.22. The van der Waals surface area contributed by atoms with Crippen LogP contribution in [0.4, 0.5) is 11.4 Å². The van der Waals surface area contributed by atoms with E-state index in [2.05, 4.69) is 10.3 Å². The van der Waals surface area contributed by atoms with E-state index in [0.717, 1.165) is 11.3 Å². The van der Waals surface area contributed by atoms with Gasteiger partial charge in [-0.1, -0.05) is 29.8 Å². The van der Waals surface area contributed by atoms with Crippen LogP contribution in [-0.2, 0) is 10.5 Å². The van der Waals surface area contributed by atoms with Crippen LogP contribution < -0.4 is 5.32 Å². The number of aromatic nitrogens is 1. The van der Waals surface area contributed by atoms with Gasteiger partial charge in [0.15, 0.2) is 0 Å². The molecule has 0 saturated heterocycles. The second kappa shape index (κ2) is 8.70. The lowest BCUT2D eigenvalue weighted by molar-refractivity contribution is -0.384. The van der Waals surface area contributed by atoms with Gasteiger partial charge in [0.05, 0.1) is 16.4 Å². The van der Waals surface area contributed by atoms with Gasteiger partial charge < -0.3 is 9.73 Å². The van der Waals surface area contributed by atoms with Crippen molar-refractivity contribution in [2.45, 2.75) is 5.75 Å². The van der Waals surface area contributed by atoms with E-state index in [1.807, 2.05) is 30.3 Å². The van der Waals surface area contributed by atoms with Gasteiger partial charge in [-0.05, 0) is 24.3 Å². The molecule has 0 spiro atoms. The second-order valence-corrected chi connectivity index (χ2v) is 6.87. The lowest BCUT2D eigenvalue weighted by atomic mass is 10.2. The fraction of sp³-hybridized carbons (Fsp3) is 0.111. The van der Waals surface area contributed by atoms with Gasteiger partial charge in [0.2, 0.25) is 11.8 Å². The summed E-state index contributed by atoms with van der Waals surface area (Å²) in [7, 11) is 0. The third kappa shape index (κ3) is 5.08. The van der Waals surface area contributed by atoms with E-state index in [0.29, 0.717) is 17.3 Å². The largest absolute Gasteiger partial charge is 0.444 e. The number of nitro groups is 1. The molecule has 3 aromatic rings. The summed E-state index contributed by atoms with van der Waals surface area (Å²) in [5.41, 5.74) is 1.83. The Balaban J connectivity index is 1.49. The smallest absolute Gasteiger partial charge is 0.288 e. The number of nitrogens with zero attached hydrogens (tertiary/aromatic N) is 2. The van der Waals surface area contributed by atoms with E-state index < -0.39 is 4.92 Å². The summed E-state index contributed by atoms with van der Waals surface area (Å²) in [6.07, 6.45) is 1.57. The predicted octanol–water partition coefficient (Wildman–Crippen LogP) is 4.78. The molecular formula is C18H14ClN3O4S. The summed E-state index contributed by atoms with van der Waals surface area (Å²) in [6.45, 7) is 0. The number of halogens is 1. The molecule has 0 aliphatic rings. The number of thioether (sulfide) groups is 1. The standard InChI is InChI=1S/C18H14ClN3O4S/c19-15-8-13(6-7-16(15)22(24)25)20-17(23)11-27-10-14-9-26-18(21-14)12-4-2-1-3-5-12/h1-9H,10-11H2,(H,20,23). The number of oxazole rings is 1. The van der Waals surface area contributed by atoms with Gasteiger partial charge in [-0.2, -0.15) is 0 Å². The van der Waals surface area contributed by atoms with E-state index in [-0.39, 0.29) is 22.4 Å². The maximum atomic E-state index is 12.0. The zero-order valence-corrected chi connectivity index (χ0v) is 15.5. The third-order valence-corrected chi connectivity index (χ3v) is 4.75. The Morgan fingerprint density at radius 2 is 2.04 bits per heavy atom. The summed E-state index contributed by atoms with van der Waals surface area (Å²) in [5.74, 6) is 1.01. The average molecular weight is 404 g/mol. The van der Waals surface area contributed by atoms with Crippen molar-refractivity contribution in [3.63, 3.8) is 0 Å². The number of carbonyl (C=O) groups is 1. The van der Waals surface area contributed by atoms with Crippen molar-refractivity contribution in [2.75, 3.05) is 11.1 Å². The number of nitrogens with one attached hydrogen (secondary N) is 1. The molecular weight excluding hydrogens is 390 g/mol. The minimum atomic E-state index is -0.578. The number of hydrogen-bond donors (Lipinski definition) is 1. The van der Waals surface area contributed by atoms with Crippen LogP contribution in [0.25, 0.3) is 11.5 Å². The summed E-state index contributed by atoms with van der Waals surface area (Å²) in [5, 5.41) is 13.4. The molecule has 0 atom stereocenters. The highest BCUT2D eigenvalue weighted by molar-refractivity contribution is 7.99. The summed E-state index contributed by atoms with van der Waals surface area (Å²) < 4.78 is 5.45. The fourth-order valence-electron chi connectivity index (χ4n) is 2.26. The molecule has 0 unspecified atom stereocenters. The predicted molar refractivity (Wildman–Crippen MR) is 105 cm³/mol. The highest BCUT2D eigenvalue weighted by Gasteiger charge is 2.13. The normalized spacial score (nSPS) is 10.6. The van der Waals surface area contributed by atoms with Crippen LogP contribution in [0.2, 0.25) is 5.02 Å². The molecule has 2 aromatic carbocycles. The van der Waals surface area contributed by atoms with Crippen LogP contribution >= 0.6 is 23.4 Å². The van der Waals surface area contributed by atoms with Gasteiger partial charge in [-0.15, -0.1) is 11.8 Å². The molecule has 0 radical (unpaired) electrons. The number of anilines is 1. The van der Waals surface area contributed by atoms with Crippen molar-refractivity contribution < 1.29 is 14.1 Å². The summed E-state index contributed by atoms with van der Waals surface area (Å²) in [4.78, 5) is 26.6. The molecule has 0 aliphatic heterocycles. The Hall–Kier alpha value is -2.84. The maximum absolute atomic E-state index is 12.0. The van der Waals surface area contributed by atoms with Crippen LogP contribution in [0, 0.1) is 10.1 Å². The molecule has 0 saturated carbocycles. The highest BCUT2D eigenvalue weighted by atomic mass is 35.5. The number of hydrogen-bond acceptors (Lipinski definition) is 6. The zero-order chi connectivity index (χ0) is 19.2. The average Bonchev–Trinajstić information content (AvgIpc) is 3.11. The summed E-state index contributed by atoms with van der Waals surface area (Å²) >= 11 is 7.21. The van der Waals surface area contributed by atoms with Crippen LogP contribution in [0.5, 0.6) is 0 Å². The Morgan fingerprint density at radius 3 is 2.74 bits per heavy atom. The first-order valence-electron chi connectivity index (χ1n) is 7.84. The number of carbonyl (C=O) groups excluding carboxylic acids is 1. The van der Waals surface area contributed by atoms with Crippen molar-refractivity contribution in [1.82, 2.24) is 4.98 Å². The van der Waals surface area contributed by atoms with Gasteiger partial charge in [0, 0.05) is 23.1 Å². The first-order chi connectivity index (χ1) is 13.0. The first-order valence-corrected chi connectivity index (χ1v) is 9.37. The molecule has 1 heterocycles. The SMILES string of the molecule is O=C(CSCc1coc(-c2ccccc2)n1)Nc1ccc([N+](=O)[O-])c(Cl)c1. The van der Waals surface area contributed by atoms with Crippen molar-refractivity contribution >= 4 is 40.6 Å². The Labute approximate surface area is 163 Å². The second-order valence-electron chi connectivity index (χ2n) is 5.47. The number of rotatable bonds is 7. The van der Waals surface area contributed by atoms with Gasteiger partial charge in [-0.25, -0.2) is 4.98 Å². The molecule has 7 nitrogen and oxygen atoms in total. The molecule has 1 N–H and O–H groups in total. The number of benzene rings is 2. The molecule has 3 rings (SSSR count). The number of nitro benzene ring substituents is 1. The quantitative estimate of drug-likeness (QED) is 0.450. The maximum Gasteiger partial charge on any atom is 0.288 e. The molecule has 1 aromatic heterocycles. The lowest BCUT2D eigenvalue weighted by Crippen LogP contribution is -2.14. The molecule has 138 valence electrons. The molecule has 27 heavy (non-hydrogen) atoms. The lowest BCUT2D eigenvalue weighted by Gasteiger charge is -2.05. The molecule has 0 bridgehead atoms. The molecule has 1 amide bonds. The molecule has 0 aliphatic carbocycles. The first kappa shape index (κ1) is 18.9. The van der Waals surface area contributed by atoms with Crippen LogP contribution in [-0.4, -0.2) is 21.6 Å². The molecule has 9 heteroatoms.